The van der Waals surface area contributed by atoms with E-state index in [1.807, 2.05) is 23.6 Å². The highest BCUT2D eigenvalue weighted by molar-refractivity contribution is 7.92. The predicted octanol–water partition coefficient (Wildman–Crippen LogP) is 4.18. The molecule has 0 atom stereocenters. The van der Waals surface area contributed by atoms with E-state index in [1.54, 1.807) is 30.5 Å². The van der Waals surface area contributed by atoms with Crippen molar-refractivity contribution in [1.82, 2.24) is 4.98 Å². The van der Waals surface area contributed by atoms with Crippen molar-refractivity contribution in [1.29, 1.82) is 0 Å². The van der Waals surface area contributed by atoms with Crippen LogP contribution in [0.1, 0.15) is 5.56 Å². The number of aromatic nitrogens is 1. The minimum Gasteiger partial charge on any atom is -0.274 e. The maximum Gasteiger partial charge on any atom is 0.231 e. The zero-order chi connectivity index (χ0) is 17.3. The van der Waals surface area contributed by atoms with Crippen molar-refractivity contribution in [3.05, 3.63) is 59.5 Å². The summed E-state index contributed by atoms with van der Waals surface area (Å²) < 4.78 is 24.4. The molecule has 4 nitrogen and oxygen atoms in total. The molecule has 0 saturated carbocycles. The van der Waals surface area contributed by atoms with Crippen LogP contribution in [0.15, 0.2) is 53.9 Å². The smallest absolute Gasteiger partial charge is 0.231 e. The molecule has 0 radical (unpaired) electrons. The molecule has 0 bridgehead atoms. The lowest BCUT2D eigenvalue weighted by atomic mass is 10.1. The van der Waals surface area contributed by atoms with Gasteiger partial charge in [-0.1, -0.05) is 35.9 Å². The molecular formula is C18H18N2O2S2. The van der Waals surface area contributed by atoms with Crippen LogP contribution in [0.25, 0.3) is 21.8 Å². The fourth-order valence-corrected chi connectivity index (χ4v) is 3.68. The van der Waals surface area contributed by atoms with Gasteiger partial charge in [-0.2, -0.15) is 0 Å². The minimum absolute atomic E-state index is 0.635. The Labute approximate surface area is 146 Å². The van der Waals surface area contributed by atoms with Crippen LogP contribution in [0, 0.1) is 6.92 Å². The van der Waals surface area contributed by atoms with Crippen molar-refractivity contribution < 1.29 is 8.42 Å². The van der Waals surface area contributed by atoms with Gasteiger partial charge in [-0.3, -0.25) is 4.31 Å². The molecule has 0 fully saturated rings. The number of benzene rings is 2. The summed E-state index contributed by atoms with van der Waals surface area (Å²) in [6, 6.07) is 15.6. The van der Waals surface area contributed by atoms with Crippen LogP contribution in [0.5, 0.6) is 0 Å². The number of hydrogen-bond donors (Lipinski definition) is 0. The summed E-state index contributed by atoms with van der Waals surface area (Å²) in [5.74, 6) is 0. The first-order valence-electron chi connectivity index (χ1n) is 7.41. The van der Waals surface area contributed by atoms with Crippen LogP contribution in [-0.2, 0) is 10.0 Å². The van der Waals surface area contributed by atoms with Gasteiger partial charge in [-0.05, 0) is 25.1 Å². The minimum atomic E-state index is -3.25. The van der Waals surface area contributed by atoms with E-state index >= 15 is 0 Å². The lowest BCUT2D eigenvalue weighted by Crippen LogP contribution is -2.24. The Bertz CT molecular complexity index is 961. The van der Waals surface area contributed by atoms with Gasteiger partial charge in [0.15, 0.2) is 0 Å². The summed E-state index contributed by atoms with van der Waals surface area (Å²) in [7, 11) is -1.70. The lowest BCUT2D eigenvalue weighted by molar-refractivity contribution is 0.600. The van der Waals surface area contributed by atoms with E-state index in [2.05, 4.69) is 25.1 Å². The van der Waals surface area contributed by atoms with Crippen LogP contribution in [-0.4, -0.2) is 26.7 Å². The zero-order valence-corrected chi connectivity index (χ0v) is 15.4. The van der Waals surface area contributed by atoms with Crippen LogP contribution in [0.2, 0.25) is 0 Å². The van der Waals surface area contributed by atoms with Crippen LogP contribution < -0.4 is 4.31 Å². The SMILES string of the molecule is Cc1cccc(-c2nc(-c3ccc(N(C)S(C)(=O)=O)cc3)cs2)c1. The second-order valence-electron chi connectivity index (χ2n) is 5.68. The molecule has 0 N–H and O–H groups in total. The summed E-state index contributed by atoms with van der Waals surface area (Å²) in [4.78, 5) is 4.70. The highest BCUT2D eigenvalue weighted by Crippen LogP contribution is 2.30. The number of thiazole rings is 1. The van der Waals surface area contributed by atoms with E-state index in [0.717, 1.165) is 21.8 Å². The molecule has 0 amide bonds. The topological polar surface area (TPSA) is 50.3 Å². The van der Waals surface area contributed by atoms with Crippen LogP contribution in [0.4, 0.5) is 5.69 Å². The standard InChI is InChI=1S/C18H18N2O2S2/c1-13-5-4-6-15(11-13)18-19-17(12-23-18)14-7-9-16(10-8-14)20(2)24(3,21)22/h4-12H,1-3H3. The molecule has 3 rings (SSSR count). The molecule has 0 aliphatic heterocycles. The fourth-order valence-electron chi connectivity index (χ4n) is 2.35. The maximum atomic E-state index is 11.6. The summed E-state index contributed by atoms with van der Waals surface area (Å²) in [5, 5.41) is 3.00. The number of hydrogen-bond acceptors (Lipinski definition) is 4. The third-order valence-electron chi connectivity index (χ3n) is 3.79. The van der Waals surface area contributed by atoms with Gasteiger partial charge in [0.25, 0.3) is 0 Å². The first kappa shape index (κ1) is 16.7. The van der Waals surface area contributed by atoms with Crippen molar-refractivity contribution >= 4 is 27.0 Å². The van der Waals surface area contributed by atoms with Crippen molar-refractivity contribution in [3.63, 3.8) is 0 Å². The Hall–Kier alpha value is -2.18. The van der Waals surface area contributed by atoms with Crippen LogP contribution >= 0.6 is 11.3 Å². The molecule has 0 saturated heterocycles. The average Bonchev–Trinajstić information content (AvgIpc) is 3.03. The van der Waals surface area contributed by atoms with Gasteiger partial charge in [0.1, 0.15) is 5.01 Å². The quantitative estimate of drug-likeness (QED) is 0.703. The molecule has 0 spiro atoms. The Balaban J connectivity index is 1.88. The molecule has 6 heteroatoms. The Kier molecular flexibility index (Phi) is 4.43. The number of nitrogens with zero attached hydrogens (tertiary/aromatic N) is 2. The van der Waals surface area contributed by atoms with Gasteiger partial charge in [-0.25, -0.2) is 13.4 Å². The Morgan fingerprint density at radius 1 is 1.04 bits per heavy atom. The van der Waals surface area contributed by atoms with E-state index in [0.29, 0.717) is 5.69 Å². The highest BCUT2D eigenvalue weighted by atomic mass is 32.2. The molecule has 0 aliphatic carbocycles. The molecule has 1 heterocycles. The van der Waals surface area contributed by atoms with Gasteiger partial charge in [0, 0.05) is 23.6 Å². The molecule has 24 heavy (non-hydrogen) atoms. The maximum absolute atomic E-state index is 11.6. The van der Waals surface area contributed by atoms with E-state index in [1.165, 1.54) is 16.1 Å². The summed E-state index contributed by atoms with van der Waals surface area (Å²) in [6.45, 7) is 2.06. The summed E-state index contributed by atoms with van der Waals surface area (Å²) >= 11 is 1.60. The van der Waals surface area contributed by atoms with Crippen molar-refractivity contribution in [2.45, 2.75) is 6.92 Å². The van der Waals surface area contributed by atoms with Crippen molar-refractivity contribution in [2.75, 3.05) is 17.6 Å². The molecule has 0 unspecified atom stereocenters. The molecule has 3 aromatic rings. The molecule has 2 aromatic carbocycles. The van der Waals surface area contributed by atoms with Gasteiger partial charge < -0.3 is 0 Å². The highest BCUT2D eigenvalue weighted by Gasteiger charge is 2.12. The normalized spacial score (nSPS) is 11.5. The van der Waals surface area contributed by atoms with Crippen molar-refractivity contribution in [3.8, 4) is 21.8 Å². The lowest BCUT2D eigenvalue weighted by Gasteiger charge is -2.16. The third-order valence-corrected chi connectivity index (χ3v) is 5.89. The molecular weight excluding hydrogens is 340 g/mol. The first-order chi connectivity index (χ1) is 11.3. The Morgan fingerprint density at radius 3 is 2.38 bits per heavy atom. The van der Waals surface area contributed by atoms with Crippen LogP contribution in [0.3, 0.4) is 0 Å². The average molecular weight is 358 g/mol. The predicted molar refractivity (Wildman–Crippen MR) is 101 cm³/mol. The van der Waals surface area contributed by atoms with E-state index in [9.17, 15) is 8.42 Å². The van der Waals surface area contributed by atoms with Gasteiger partial charge in [-0.15, -0.1) is 11.3 Å². The molecule has 0 aliphatic rings. The van der Waals surface area contributed by atoms with Crippen molar-refractivity contribution in [2.24, 2.45) is 0 Å². The first-order valence-corrected chi connectivity index (χ1v) is 10.1. The van der Waals surface area contributed by atoms with Gasteiger partial charge in [0.05, 0.1) is 17.6 Å². The number of aryl methyl sites for hydroxylation is 1. The number of anilines is 1. The second-order valence-corrected chi connectivity index (χ2v) is 8.56. The molecule has 1 aromatic heterocycles. The summed E-state index contributed by atoms with van der Waals surface area (Å²) in [5.41, 5.74) is 4.81. The summed E-state index contributed by atoms with van der Waals surface area (Å²) in [6.07, 6.45) is 1.19. The van der Waals surface area contributed by atoms with E-state index in [4.69, 9.17) is 4.98 Å². The number of rotatable bonds is 4. The third kappa shape index (κ3) is 3.49. The van der Waals surface area contributed by atoms with E-state index < -0.39 is 10.0 Å². The monoisotopic (exact) mass is 358 g/mol. The second kappa shape index (κ2) is 6.37. The van der Waals surface area contributed by atoms with Gasteiger partial charge in [0.2, 0.25) is 10.0 Å². The number of sulfonamides is 1. The largest absolute Gasteiger partial charge is 0.274 e. The zero-order valence-electron chi connectivity index (χ0n) is 13.7. The van der Waals surface area contributed by atoms with Gasteiger partial charge >= 0.3 is 0 Å². The fraction of sp³-hybridized carbons (Fsp3) is 0.167. The molecule has 124 valence electrons. The van der Waals surface area contributed by atoms with E-state index in [-0.39, 0.29) is 0 Å². The Morgan fingerprint density at radius 2 is 1.75 bits per heavy atom.